The first-order chi connectivity index (χ1) is 11.0. The van der Waals surface area contributed by atoms with Gasteiger partial charge in [-0.2, -0.15) is 17.7 Å². The second-order valence-corrected chi connectivity index (χ2v) is 6.52. The van der Waals surface area contributed by atoms with Crippen LogP contribution in [0.3, 0.4) is 0 Å². The molecule has 2 aromatic rings. The molecule has 1 radical (unpaired) electrons. The van der Waals surface area contributed by atoms with Crippen LogP contribution in [0, 0.1) is 33.8 Å². The average Bonchev–Trinajstić information content (AvgIpc) is 2.55. The van der Waals surface area contributed by atoms with Crippen molar-refractivity contribution >= 4 is 11.4 Å². The molecule has 0 spiro atoms. The van der Waals surface area contributed by atoms with Gasteiger partial charge in [0.2, 0.25) is 0 Å². The van der Waals surface area contributed by atoms with Gasteiger partial charge in [-0.3, -0.25) is 0 Å². The molecule has 1 aliphatic heterocycles. The van der Waals surface area contributed by atoms with Crippen LogP contribution in [-0.4, -0.2) is 31.3 Å². The van der Waals surface area contributed by atoms with Crippen molar-refractivity contribution in [3.8, 4) is 5.75 Å². The summed E-state index contributed by atoms with van der Waals surface area (Å²) in [7, 11) is 0. The summed E-state index contributed by atoms with van der Waals surface area (Å²) in [6, 6.07) is 11.6. The summed E-state index contributed by atoms with van der Waals surface area (Å²) in [4.78, 5) is 4.87. The molecular formula is C20H25N2OY-. The normalized spacial score (nSPS) is 14.5. The van der Waals surface area contributed by atoms with Gasteiger partial charge in [-0.1, -0.05) is 19.5 Å². The van der Waals surface area contributed by atoms with E-state index in [1.165, 1.54) is 22.5 Å². The third-order valence-electron chi connectivity index (χ3n) is 4.95. The van der Waals surface area contributed by atoms with Gasteiger partial charge >= 0.3 is 0 Å². The Balaban J connectivity index is 0.00000208. The average molecular weight is 398 g/mol. The SMILES string of the molecule is Cc1[c-]ccc(N2CCN(c3cc(C)c(O)c(C)c3)CC2)c1C.[Y]. The number of phenols is 1. The zero-order valence-electron chi connectivity index (χ0n) is 15.1. The van der Waals surface area contributed by atoms with Crippen molar-refractivity contribution in [2.75, 3.05) is 36.0 Å². The second-order valence-electron chi connectivity index (χ2n) is 6.52. The number of aryl methyl sites for hydroxylation is 3. The minimum atomic E-state index is 0. The van der Waals surface area contributed by atoms with E-state index in [1.807, 2.05) is 19.9 Å². The molecule has 125 valence electrons. The van der Waals surface area contributed by atoms with E-state index in [1.54, 1.807) is 0 Å². The number of hydrogen-bond acceptors (Lipinski definition) is 3. The van der Waals surface area contributed by atoms with Gasteiger partial charge < -0.3 is 14.9 Å². The Morgan fingerprint density at radius 3 is 2.04 bits per heavy atom. The minimum Gasteiger partial charge on any atom is -0.507 e. The monoisotopic (exact) mass is 398 g/mol. The Hall–Kier alpha value is -1.06. The molecular weight excluding hydrogens is 373 g/mol. The summed E-state index contributed by atoms with van der Waals surface area (Å²) in [5, 5.41) is 9.95. The molecule has 3 rings (SSSR count). The predicted octanol–water partition coefficient (Wildman–Crippen LogP) is 3.75. The third-order valence-corrected chi connectivity index (χ3v) is 4.95. The van der Waals surface area contributed by atoms with Gasteiger partial charge in [0.25, 0.3) is 0 Å². The molecule has 0 saturated carbocycles. The largest absolute Gasteiger partial charge is 0.507 e. The number of phenolic OH excluding ortho intramolecular Hbond substituents is 1. The molecule has 24 heavy (non-hydrogen) atoms. The van der Waals surface area contributed by atoms with Crippen LogP contribution in [0.15, 0.2) is 24.3 Å². The van der Waals surface area contributed by atoms with Crippen LogP contribution in [-0.2, 0) is 32.7 Å². The maximum absolute atomic E-state index is 9.95. The first-order valence-electron chi connectivity index (χ1n) is 8.25. The number of piperazine rings is 1. The van der Waals surface area contributed by atoms with E-state index >= 15 is 0 Å². The molecule has 0 aliphatic carbocycles. The zero-order chi connectivity index (χ0) is 16.6. The fourth-order valence-corrected chi connectivity index (χ4v) is 3.33. The summed E-state index contributed by atoms with van der Waals surface area (Å²) >= 11 is 0. The molecule has 1 fully saturated rings. The van der Waals surface area contributed by atoms with E-state index in [0.717, 1.165) is 37.3 Å². The van der Waals surface area contributed by atoms with Gasteiger partial charge in [-0.05, 0) is 37.1 Å². The van der Waals surface area contributed by atoms with Crippen LogP contribution < -0.4 is 9.80 Å². The standard InChI is InChI=1S/C20H25N2O.Y/c1-14-6-5-7-19(17(14)4)22-10-8-21(9-11-22)18-12-15(2)20(23)16(3)13-18;/h5,7,12-13,23H,8-11H2,1-4H3;/q-1;. The first-order valence-corrected chi connectivity index (χ1v) is 8.25. The molecule has 0 unspecified atom stereocenters. The molecule has 2 aromatic carbocycles. The van der Waals surface area contributed by atoms with Gasteiger partial charge in [0.15, 0.2) is 0 Å². The second kappa shape index (κ2) is 7.88. The van der Waals surface area contributed by atoms with Crippen molar-refractivity contribution in [2.45, 2.75) is 27.7 Å². The van der Waals surface area contributed by atoms with Gasteiger partial charge in [0.1, 0.15) is 5.75 Å². The van der Waals surface area contributed by atoms with Crippen LogP contribution in [0.2, 0.25) is 0 Å². The molecule has 0 aromatic heterocycles. The molecule has 4 heteroatoms. The van der Waals surface area contributed by atoms with E-state index < -0.39 is 0 Å². The number of hydrogen-bond donors (Lipinski definition) is 1. The quantitative estimate of drug-likeness (QED) is 0.781. The Morgan fingerprint density at radius 2 is 1.46 bits per heavy atom. The summed E-state index contributed by atoms with van der Waals surface area (Å²) in [5.74, 6) is 0.416. The Labute approximate surface area is 170 Å². The van der Waals surface area contributed by atoms with Gasteiger partial charge in [0, 0.05) is 64.6 Å². The fourth-order valence-electron chi connectivity index (χ4n) is 3.33. The molecule has 0 atom stereocenters. The first kappa shape index (κ1) is 19.3. The summed E-state index contributed by atoms with van der Waals surface area (Å²) in [5.41, 5.74) is 7.01. The number of rotatable bonds is 2. The van der Waals surface area contributed by atoms with E-state index in [2.05, 4.69) is 47.9 Å². The van der Waals surface area contributed by atoms with Crippen LogP contribution in [0.1, 0.15) is 22.3 Å². The molecule has 3 nitrogen and oxygen atoms in total. The van der Waals surface area contributed by atoms with Crippen LogP contribution in [0.4, 0.5) is 11.4 Å². The van der Waals surface area contributed by atoms with E-state index in [0.29, 0.717) is 5.75 Å². The van der Waals surface area contributed by atoms with Crippen molar-refractivity contribution in [3.05, 3.63) is 52.6 Å². The number of nitrogens with zero attached hydrogens (tertiary/aromatic N) is 2. The Bertz CT molecular complexity index is 699. The number of aromatic hydroxyl groups is 1. The van der Waals surface area contributed by atoms with E-state index in [9.17, 15) is 5.11 Å². The van der Waals surface area contributed by atoms with Crippen molar-refractivity contribution in [1.82, 2.24) is 0 Å². The predicted molar refractivity (Wildman–Crippen MR) is 96.8 cm³/mol. The van der Waals surface area contributed by atoms with Crippen LogP contribution >= 0.6 is 0 Å². The molecule has 1 saturated heterocycles. The van der Waals surface area contributed by atoms with Gasteiger partial charge in [0.05, 0.1) is 0 Å². The number of anilines is 2. The van der Waals surface area contributed by atoms with Crippen LogP contribution in [0.25, 0.3) is 0 Å². The molecule has 1 heterocycles. The van der Waals surface area contributed by atoms with Crippen molar-refractivity contribution in [3.63, 3.8) is 0 Å². The smallest absolute Gasteiger partial charge is 0.121 e. The fraction of sp³-hybridized carbons (Fsp3) is 0.400. The van der Waals surface area contributed by atoms with Crippen molar-refractivity contribution in [1.29, 1.82) is 0 Å². The molecule has 1 N–H and O–H groups in total. The Morgan fingerprint density at radius 1 is 0.917 bits per heavy atom. The number of benzene rings is 2. The van der Waals surface area contributed by atoms with E-state index in [-0.39, 0.29) is 32.7 Å². The third kappa shape index (κ3) is 3.78. The molecule has 1 aliphatic rings. The van der Waals surface area contributed by atoms with Crippen molar-refractivity contribution < 1.29 is 37.8 Å². The topological polar surface area (TPSA) is 26.7 Å². The summed E-state index contributed by atoms with van der Waals surface area (Å²) in [6.07, 6.45) is 0. The molecule has 0 bridgehead atoms. The van der Waals surface area contributed by atoms with E-state index in [4.69, 9.17) is 0 Å². The molecule has 0 amide bonds. The minimum absolute atomic E-state index is 0. The van der Waals surface area contributed by atoms with Crippen molar-refractivity contribution in [2.24, 2.45) is 0 Å². The zero-order valence-corrected chi connectivity index (χ0v) is 17.9. The Kier molecular flexibility index (Phi) is 6.33. The van der Waals surface area contributed by atoms with Gasteiger partial charge in [-0.15, -0.1) is 11.6 Å². The maximum Gasteiger partial charge on any atom is 0.121 e. The van der Waals surface area contributed by atoms with Gasteiger partial charge in [-0.25, -0.2) is 0 Å². The summed E-state index contributed by atoms with van der Waals surface area (Å²) < 4.78 is 0. The summed E-state index contributed by atoms with van der Waals surface area (Å²) in [6.45, 7) is 12.3. The maximum atomic E-state index is 9.95. The van der Waals surface area contributed by atoms with Crippen LogP contribution in [0.5, 0.6) is 5.75 Å².